The molecule has 2 atom stereocenters. The second-order valence-electron chi connectivity index (χ2n) is 7.01. The Hall–Kier alpha value is -3.46. The van der Waals surface area contributed by atoms with Crippen LogP contribution in [0, 0.1) is 0 Å². The number of hydrogen-bond acceptors (Lipinski definition) is 7. The van der Waals surface area contributed by atoms with E-state index in [4.69, 9.17) is 22.6 Å². The van der Waals surface area contributed by atoms with E-state index in [0.717, 1.165) is 31.2 Å². The van der Waals surface area contributed by atoms with Crippen LogP contribution in [-0.4, -0.2) is 34.2 Å². The van der Waals surface area contributed by atoms with E-state index in [9.17, 15) is 4.79 Å². The monoisotopic (exact) mass is 395 g/mol. The molecule has 1 fully saturated rings. The maximum atomic E-state index is 11.8. The predicted octanol–water partition coefficient (Wildman–Crippen LogP) is 0.130. The number of primary amides is 1. The number of amides is 1. The number of allylic oxidation sites excluding steroid dienone is 1. The molecule has 2 aromatic rings. The Morgan fingerprint density at radius 1 is 1.28 bits per heavy atom. The summed E-state index contributed by atoms with van der Waals surface area (Å²) in [5.41, 5.74) is 19.7. The summed E-state index contributed by atoms with van der Waals surface area (Å²) < 4.78 is 0. The second kappa shape index (κ2) is 9.16. The van der Waals surface area contributed by atoms with Gasteiger partial charge in [-0.05, 0) is 30.5 Å². The number of nitrogens with one attached hydrogen (secondary N) is 2. The van der Waals surface area contributed by atoms with Crippen molar-refractivity contribution >= 4 is 35.1 Å². The van der Waals surface area contributed by atoms with Crippen molar-refractivity contribution < 1.29 is 10.2 Å². The van der Waals surface area contributed by atoms with Gasteiger partial charge in [-0.2, -0.15) is 4.98 Å². The second-order valence-corrected chi connectivity index (χ2v) is 7.01. The first-order valence-corrected chi connectivity index (χ1v) is 9.55. The third kappa shape index (κ3) is 4.88. The molecule has 1 saturated carbocycles. The Labute approximate surface area is 169 Å². The standard InChI is InChI=1S/C20H26N8O/c21-9-13(10-22)12-4-3-5-14(8-12)26-19-15(18(24)29)11-25-20(28-19)27-17-7-2-1-6-16(17)23/h3-5,8-11,16-17,21H,1-2,6-7,22-23H2,(H2,24,29)(H2,25,26,27,28)/p+1/b13-10+,21-9?/t16-,17+/m0/s1. The van der Waals surface area contributed by atoms with Crippen molar-refractivity contribution in [2.75, 3.05) is 10.6 Å². The molecule has 29 heavy (non-hydrogen) atoms. The maximum Gasteiger partial charge on any atom is 0.254 e. The molecule has 152 valence electrons. The van der Waals surface area contributed by atoms with Gasteiger partial charge in [0.1, 0.15) is 11.4 Å². The lowest BCUT2D eigenvalue weighted by Crippen LogP contribution is -2.43. The number of carbonyl (C=O) groups is 1. The van der Waals surface area contributed by atoms with Crippen LogP contribution in [0.5, 0.6) is 0 Å². The van der Waals surface area contributed by atoms with E-state index in [1.54, 1.807) is 0 Å². The summed E-state index contributed by atoms with van der Waals surface area (Å²) in [5.74, 6) is 0.0859. The number of nitrogens with zero attached hydrogens (tertiary/aromatic N) is 2. The highest BCUT2D eigenvalue weighted by molar-refractivity contribution is 6.07. The summed E-state index contributed by atoms with van der Waals surface area (Å²) >= 11 is 0. The fraction of sp³-hybridized carbons (Fsp3) is 0.300. The average molecular weight is 395 g/mol. The Kier molecular flexibility index (Phi) is 6.40. The summed E-state index contributed by atoms with van der Waals surface area (Å²) in [6.07, 6.45) is 8.42. The van der Waals surface area contributed by atoms with Crippen LogP contribution < -0.4 is 33.2 Å². The first-order chi connectivity index (χ1) is 14.0. The summed E-state index contributed by atoms with van der Waals surface area (Å²) in [6, 6.07) is 7.54. The van der Waals surface area contributed by atoms with Crippen molar-refractivity contribution in [3.63, 3.8) is 0 Å². The molecule has 1 aromatic heterocycles. The van der Waals surface area contributed by atoms with E-state index in [1.807, 2.05) is 24.3 Å². The van der Waals surface area contributed by atoms with Gasteiger partial charge in [-0.25, -0.2) is 4.98 Å². The number of hydrogen-bond donors (Lipinski definition) is 6. The average Bonchev–Trinajstić information content (AvgIpc) is 2.71. The van der Waals surface area contributed by atoms with Gasteiger partial charge in [0.15, 0.2) is 6.21 Å². The van der Waals surface area contributed by atoms with Crippen molar-refractivity contribution in [3.05, 3.63) is 47.8 Å². The lowest BCUT2D eigenvalue weighted by molar-refractivity contribution is -0.103. The van der Waals surface area contributed by atoms with E-state index in [-0.39, 0.29) is 17.6 Å². The minimum absolute atomic E-state index is 0.0465. The molecule has 0 spiro atoms. The van der Waals surface area contributed by atoms with Gasteiger partial charge < -0.3 is 27.8 Å². The Balaban J connectivity index is 1.88. The summed E-state index contributed by atoms with van der Waals surface area (Å²) in [5, 5.41) is 12.0. The van der Waals surface area contributed by atoms with Crippen LogP contribution in [0.25, 0.3) is 5.57 Å². The largest absolute Gasteiger partial charge is 0.404 e. The van der Waals surface area contributed by atoms with Gasteiger partial charge in [0.05, 0.1) is 5.57 Å². The molecule has 1 aliphatic carbocycles. The molecule has 0 unspecified atom stereocenters. The van der Waals surface area contributed by atoms with E-state index in [0.29, 0.717) is 23.0 Å². The summed E-state index contributed by atoms with van der Waals surface area (Å²) in [6.45, 7) is 0. The van der Waals surface area contributed by atoms with E-state index >= 15 is 0 Å². The first-order valence-electron chi connectivity index (χ1n) is 9.55. The highest BCUT2D eigenvalue weighted by Crippen LogP contribution is 2.24. The molecule has 0 radical (unpaired) electrons. The maximum absolute atomic E-state index is 11.8. The minimum Gasteiger partial charge on any atom is -0.404 e. The van der Waals surface area contributed by atoms with Crippen molar-refractivity contribution in [2.45, 2.75) is 37.8 Å². The minimum atomic E-state index is -0.623. The topological polar surface area (TPSA) is 171 Å². The van der Waals surface area contributed by atoms with Crippen molar-refractivity contribution in [3.8, 4) is 0 Å². The van der Waals surface area contributed by atoms with Gasteiger partial charge in [-0.15, -0.1) is 0 Å². The number of anilines is 3. The number of nitrogens with two attached hydrogens (primary N) is 4. The SMILES string of the molecule is N/C=C(\C=[NH2+])c1cccc(Nc2nc(N[C@@H]3CCCC[C@@H]3N)ncc2C(N)=O)c1. The zero-order valence-corrected chi connectivity index (χ0v) is 16.1. The molecule has 0 saturated heterocycles. The van der Waals surface area contributed by atoms with Crippen molar-refractivity contribution in [1.82, 2.24) is 9.97 Å². The Morgan fingerprint density at radius 3 is 2.76 bits per heavy atom. The van der Waals surface area contributed by atoms with Gasteiger partial charge in [-0.1, -0.05) is 25.0 Å². The molecule has 0 aliphatic heterocycles. The number of aromatic nitrogens is 2. The third-order valence-corrected chi connectivity index (χ3v) is 5.01. The van der Waals surface area contributed by atoms with Crippen molar-refractivity contribution in [2.24, 2.45) is 17.2 Å². The molecular formula is C20H27N8O+. The fourth-order valence-electron chi connectivity index (χ4n) is 3.39. The number of rotatable bonds is 7. The normalized spacial score (nSPS) is 19.4. The first kappa shape index (κ1) is 20.3. The van der Waals surface area contributed by atoms with Crippen LogP contribution in [0.2, 0.25) is 0 Å². The molecule has 1 aliphatic rings. The quantitative estimate of drug-likeness (QED) is 0.362. The lowest BCUT2D eigenvalue weighted by Gasteiger charge is -2.29. The fourth-order valence-corrected chi connectivity index (χ4v) is 3.39. The van der Waals surface area contributed by atoms with Crippen LogP contribution in [0.4, 0.5) is 17.5 Å². The zero-order chi connectivity index (χ0) is 20.8. The number of carbonyl (C=O) groups excluding carboxylic acids is 1. The van der Waals surface area contributed by atoms with Crippen LogP contribution in [0.1, 0.15) is 41.6 Å². The van der Waals surface area contributed by atoms with Crippen molar-refractivity contribution in [1.29, 1.82) is 0 Å². The molecule has 0 bridgehead atoms. The molecule has 3 rings (SSSR count). The van der Waals surface area contributed by atoms with Gasteiger partial charge in [0.2, 0.25) is 5.95 Å². The number of benzene rings is 1. The van der Waals surface area contributed by atoms with Crippen LogP contribution >= 0.6 is 0 Å². The van der Waals surface area contributed by atoms with E-state index < -0.39 is 5.91 Å². The van der Waals surface area contributed by atoms with Gasteiger partial charge in [0, 0.05) is 30.2 Å². The Bertz CT molecular complexity index is 926. The smallest absolute Gasteiger partial charge is 0.254 e. The molecule has 9 nitrogen and oxygen atoms in total. The highest BCUT2D eigenvalue weighted by Gasteiger charge is 2.23. The molecular weight excluding hydrogens is 368 g/mol. The van der Waals surface area contributed by atoms with Crippen LogP contribution in [0.15, 0.2) is 36.7 Å². The predicted molar refractivity (Wildman–Crippen MR) is 114 cm³/mol. The lowest BCUT2D eigenvalue weighted by atomic mass is 9.91. The highest BCUT2D eigenvalue weighted by atomic mass is 16.1. The van der Waals surface area contributed by atoms with Crippen LogP contribution in [0.3, 0.4) is 0 Å². The summed E-state index contributed by atoms with van der Waals surface area (Å²) in [4.78, 5) is 20.6. The molecule has 10 N–H and O–H groups in total. The molecule has 1 heterocycles. The van der Waals surface area contributed by atoms with Gasteiger partial charge in [-0.3, -0.25) is 10.2 Å². The van der Waals surface area contributed by atoms with E-state index in [1.165, 1.54) is 18.6 Å². The third-order valence-electron chi connectivity index (χ3n) is 5.01. The van der Waals surface area contributed by atoms with E-state index in [2.05, 4.69) is 20.6 Å². The zero-order valence-electron chi connectivity index (χ0n) is 16.1. The van der Waals surface area contributed by atoms with Gasteiger partial charge in [0.25, 0.3) is 5.91 Å². The molecule has 1 aromatic carbocycles. The van der Waals surface area contributed by atoms with Gasteiger partial charge >= 0.3 is 0 Å². The molecule has 1 amide bonds. The molecule has 9 heteroatoms. The Morgan fingerprint density at radius 2 is 2.07 bits per heavy atom. The van der Waals surface area contributed by atoms with Crippen LogP contribution in [-0.2, 0) is 0 Å². The summed E-state index contributed by atoms with van der Waals surface area (Å²) in [7, 11) is 0.